The summed E-state index contributed by atoms with van der Waals surface area (Å²) in [6, 6.07) is 14.0. The van der Waals surface area contributed by atoms with E-state index in [9.17, 15) is 9.90 Å². The van der Waals surface area contributed by atoms with Gasteiger partial charge in [-0.2, -0.15) is 5.10 Å². The second kappa shape index (κ2) is 8.74. The van der Waals surface area contributed by atoms with Crippen molar-refractivity contribution in [1.82, 2.24) is 24.3 Å². The summed E-state index contributed by atoms with van der Waals surface area (Å²) in [7, 11) is 1.89. The Morgan fingerprint density at radius 3 is 2.57 bits per heavy atom. The van der Waals surface area contributed by atoms with Crippen LogP contribution in [-0.4, -0.2) is 35.5 Å². The molecule has 0 amide bonds. The number of aryl methyl sites for hydroxylation is 1. The molecule has 2 atom stereocenters. The number of fused-ring (bicyclic) bond motifs is 3. The van der Waals surface area contributed by atoms with Crippen molar-refractivity contribution < 1.29 is 5.11 Å². The van der Waals surface area contributed by atoms with E-state index in [1.165, 1.54) is 0 Å². The van der Waals surface area contributed by atoms with Gasteiger partial charge in [-0.1, -0.05) is 43.2 Å². The maximum Gasteiger partial charge on any atom is 0.261 e. The second-order valence-electron chi connectivity index (χ2n) is 9.48. The first-order valence-electron chi connectivity index (χ1n) is 12.1. The lowest BCUT2D eigenvalue weighted by Gasteiger charge is -2.29. The van der Waals surface area contributed by atoms with Gasteiger partial charge in [0.05, 0.1) is 41.3 Å². The molecule has 1 aliphatic carbocycles. The van der Waals surface area contributed by atoms with Crippen LogP contribution in [0.4, 0.5) is 0 Å². The van der Waals surface area contributed by atoms with Crippen molar-refractivity contribution in [2.75, 3.05) is 0 Å². The van der Waals surface area contributed by atoms with Crippen molar-refractivity contribution >= 4 is 21.7 Å². The minimum Gasteiger partial charge on any atom is -0.391 e. The summed E-state index contributed by atoms with van der Waals surface area (Å²) in [5, 5.41) is 17.4. The number of hydrogen-bond donors (Lipinski definition) is 1. The van der Waals surface area contributed by atoms with Crippen LogP contribution in [0.25, 0.3) is 32.9 Å². The minimum atomic E-state index is -0.509. The summed E-state index contributed by atoms with van der Waals surface area (Å²) in [4.78, 5) is 23.0. The Morgan fingerprint density at radius 1 is 1.00 bits per heavy atom. The molecule has 35 heavy (non-hydrogen) atoms. The topological polar surface area (TPSA) is 85.8 Å². The Morgan fingerprint density at radius 2 is 1.83 bits per heavy atom. The van der Waals surface area contributed by atoms with Crippen LogP contribution < -0.4 is 5.56 Å². The van der Waals surface area contributed by atoms with Crippen LogP contribution in [0.3, 0.4) is 0 Å². The Bertz CT molecular complexity index is 1590. The van der Waals surface area contributed by atoms with Crippen molar-refractivity contribution in [2.45, 2.75) is 44.2 Å². The summed E-state index contributed by atoms with van der Waals surface area (Å²) in [6.45, 7) is 0. The first-order chi connectivity index (χ1) is 17.1. The van der Waals surface area contributed by atoms with Gasteiger partial charge < -0.3 is 5.11 Å². The predicted octanol–water partition coefficient (Wildman–Crippen LogP) is 4.41. The van der Waals surface area contributed by atoms with E-state index in [0.717, 1.165) is 58.8 Å². The largest absolute Gasteiger partial charge is 0.391 e. The van der Waals surface area contributed by atoms with Gasteiger partial charge in [0.15, 0.2) is 0 Å². The average Bonchev–Trinajstić information content (AvgIpc) is 3.32. The highest BCUT2D eigenvalue weighted by molar-refractivity contribution is 6.06. The summed E-state index contributed by atoms with van der Waals surface area (Å²) < 4.78 is 3.41. The number of rotatable bonds is 4. The molecule has 1 N–H and O–H groups in total. The van der Waals surface area contributed by atoms with E-state index >= 15 is 0 Å². The van der Waals surface area contributed by atoms with E-state index in [1.54, 1.807) is 21.8 Å². The molecule has 0 radical (unpaired) electrons. The maximum atomic E-state index is 13.6. The third kappa shape index (κ3) is 3.91. The van der Waals surface area contributed by atoms with Gasteiger partial charge in [-0.15, -0.1) is 0 Å². The number of aliphatic hydroxyl groups is 1. The van der Waals surface area contributed by atoms with Gasteiger partial charge in [0.2, 0.25) is 0 Å². The molecule has 3 aromatic heterocycles. The van der Waals surface area contributed by atoms with Gasteiger partial charge in [-0.05, 0) is 47.9 Å². The third-order valence-electron chi connectivity index (χ3n) is 7.15. The second-order valence-corrected chi connectivity index (χ2v) is 9.48. The van der Waals surface area contributed by atoms with Crippen LogP contribution in [0.15, 0.2) is 72.2 Å². The lowest BCUT2D eigenvalue weighted by Crippen LogP contribution is -2.34. The smallest absolute Gasteiger partial charge is 0.261 e. The summed E-state index contributed by atoms with van der Waals surface area (Å²) in [5.41, 5.74) is 4.60. The van der Waals surface area contributed by atoms with Gasteiger partial charge in [-0.3, -0.25) is 19.0 Å². The molecule has 0 aliphatic heterocycles. The zero-order valence-electron chi connectivity index (χ0n) is 19.6. The molecule has 0 spiro atoms. The highest BCUT2D eigenvalue weighted by Crippen LogP contribution is 2.30. The summed E-state index contributed by atoms with van der Waals surface area (Å²) >= 11 is 0. The SMILES string of the molecule is Cn1cc(-c2ccc(Cc3cc4c(=O)n([C@@H]5CCCC[C@H]5O)cnc4c4ccccc34)cn2)cn1. The molecule has 1 saturated carbocycles. The van der Waals surface area contributed by atoms with Crippen LogP contribution in [0.1, 0.15) is 42.9 Å². The molecule has 1 fully saturated rings. The van der Waals surface area contributed by atoms with Crippen LogP contribution in [0.2, 0.25) is 0 Å². The number of aromatic nitrogens is 5. The normalized spacial score (nSPS) is 18.3. The van der Waals surface area contributed by atoms with Gasteiger partial charge in [0, 0.05) is 30.4 Å². The molecule has 7 heteroatoms. The molecule has 7 nitrogen and oxygen atoms in total. The molecule has 5 aromatic rings. The van der Waals surface area contributed by atoms with Crippen molar-refractivity contribution in [3.8, 4) is 11.3 Å². The number of benzene rings is 2. The predicted molar refractivity (Wildman–Crippen MR) is 136 cm³/mol. The van der Waals surface area contributed by atoms with E-state index in [2.05, 4.69) is 22.2 Å². The van der Waals surface area contributed by atoms with Crippen LogP contribution in [0.5, 0.6) is 0 Å². The monoisotopic (exact) mass is 465 g/mol. The lowest BCUT2D eigenvalue weighted by molar-refractivity contribution is 0.0735. The first-order valence-corrected chi connectivity index (χ1v) is 12.1. The lowest BCUT2D eigenvalue weighted by atomic mass is 9.92. The first kappa shape index (κ1) is 21.7. The maximum absolute atomic E-state index is 13.6. The standard InChI is InChI=1S/C28H27N5O2/c1-32-16-20(15-31-32)24-11-10-18(14-29-24)12-19-13-23-27(22-7-3-2-6-21(19)22)30-17-33(28(23)35)25-8-4-5-9-26(25)34/h2-3,6-7,10-11,13-17,25-26,34H,4-5,8-9,12H2,1H3/t25-,26-/m1/s1. The molecule has 0 bridgehead atoms. The molecule has 176 valence electrons. The fourth-order valence-corrected chi connectivity index (χ4v) is 5.32. The summed E-state index contributed by atoms with van der Waals surface area (Å²) in [5.74, 6) is 0. The third-order valence-corrected chi connectivity index (χ3v) is 7.15. The van der Waals surface area contributed by atoms with Crippen LogP contribution in [-0.2, 0) is 13.5 Å². The van der Waals surface area contributed by atoms with Crippen molar-refractivity contribution in [3.63, 3.8) is 0 Å². The van der Waals surface area contributed by atoms with Gasteiger partial charge >= 0.3 is 0 Å². The van der Waals surface area contributed by atoms with E-state index in [4.69, 9.17) is 4.98 Å². The van der Waals surface area contributed by atoms with E-state index < -0.39 is 6.10 Å². The summed E-state index contributed by atoms with van der Waals surface area (Å²) in [6.07, 6.45) is 10.9. The molecule has 2 aromatic carbocycles. The zero-order chi connectivity index (χ0) is 23.9. The van der Waals surface area contributed by atoms with Crippen LogP contribution >= 0.6 is 0 Å². The molecule has 6 rings (SSSR count). The Labute approximate surface area is 202 Å². The minimum absolute atomic E-state index is 0.0852. The van der Waals surface area contributed by atoms with E-state index in [1.807, 2.05) is 49.8 Å². The molecular weight excluding hydrogens is 438 g/mol. The molecule has 1 aliphatic rings. The number of hydrogen-bond acceptors (Lipinski definition) is 5. The quantitative estimate of drug-likeness (QED) is 0.397. The molecule has 0 unspecified atom stereocenters. The molecule has 0 saturated heterocycles. The fraction of sp³-hybridized carbons (Fsp3) is 0.286. The van der Waals surface area contributed by atoms with Crippen molar-refractivity contribution in [1.29, 1.82) is 0 Å². The molecular formula is C28H27N5O2. The highest BCUT2D eigenvalue weighted by atomic mass is 16.3. The zero-order valence-corrected chi connectivity index (χ0v) is 19.6. The Hall–Kier alpha value is -3.84. The average molecular weight is 466 g/mol. The van der Waals surface area contributed by atoms with E-state index in [-0.39, 0.29) is 11.6 Å². The highest BCUT2D eigenvalue weighted by Gasteiger charge is 2.26. The Kier molecular flexibility index (Phi) is 5.41. The fourth-order valence-electron chi connectivity index (χ4n) is 5.32. The number of nitrogens with zero attached hydrogens (tertiary/aromatic N) is 5. The number of pyridine rings is 1. The number of aliphatic hydroxyl groups excluding tert-OH is 1. The van der Waals surface area contributed by atoms with E-state index in [0.29, 0.717) is 17.3 Å². The Balaban J connectivity index is 1.43. The van der Waals surface area contributed by atoms with Crippen molar-refractivity contribution in [2.24, 2.45) is 7.05 Å². The van der Waals surface area contributed by atoms with Gasteiger partial charge in [0.25, 0.3) is 5.56 Å². The van der Waals surface area contributed by atoms with Crippen molar-refractivity contribution in [3.05, 3.63) is 88.9 Å². The molecule has 3 heterocycles. The van der Waals surface area contributed by atoms with Gasteiger partial charge in [-0.25, -0.2) is 4.98 Å². The van der Waals surface area contributed by atoms with Crippen LogP contribution in [0, 0.1) is 0 Å². The van der Waals surface area contributed by atoms with Gasteiger partial charge in [0.1, 0.15) is 0 Å².